The molecule has 5 nitrogen and oxygen atoms in total. The highest BCUT2D eigenvalue weighted by molar-refractivity contribution is 5.93. The van der Waals surface area contributed by atoms with Crippen molar-refractivity contribution >= 4 is 11.8 Å². The monoisotopic (exact) mass is 289 g/mol. The number of carbonyl (C=O) groups excluding carboxylic acids is 2. The summed E-state index contributed by atoms with van der Waals surface area (Å²) < 4.78 is 0. The third-order valence-corrected chi connectivity index (χ3v) is 3.63. The number of rotatable bonds is 3. The minimum absolute atomic E-state index is 0.00117. The van der Waals surface area contributed by atoms with E-state index in [4.69, 9.17) is 0 Å². The highest BCUT2D eigenvalue weighted by Crippen LogP contribution is 2.11. The molecule has 0 N–H and O–H groups in total. The minimum Gasteiger partial charge on any atom is -0.341 e. The van der Waals surface area contributed by atoms with Crippen molar-refractivity contribution < 1.29 is 9.59 Å². The van der Waals surface area contributed by atoms with Crippen molar-refractivity contribution in [2.75, 3.05) is 26.2 Å². The van der Waals surface area contributed by atoms with Crippen LogP contribution in [0.15, 0.2) is 24.5 Å². The van der Waals surface area contributed by atoms with Gasteiger partial charge < -0.3 is 9.80 Å². The van der Waals surface area contributed by atoms with Crippen LogP contribution in [-0.4, -0.2) is 52.8 Å². The van der Waals surface area contributed by atoms with E-state index in [9.17, 15) is 9.59 Å². The van der Waals surface area contributed by atoms with Gasteiger partial charge in [0.05, 0.1) is 5.56 Å². The van der Waals surface area contributed by atoms with Crippen LogP contribution in [0.3, 0.4) is 0 Å². The zero-order valence-electron chi connectivity index (χ0n) is 12.8. The molecule has 2 heterocycles. The van der Waals surface area contributed by atoms with E-state index in [1.165, 1.54) is 0 Å². The number of amides is 2. The summed E-state index contributed by atoms with van der Waals surface area (Å²) in [5, 5.41) is 0. The van der Waals surface area contributed by atoms with E-state index in [0.717, 1.165) is 13.0 Å². The van der Waals surface area contributed by atoms with Crippen molar-refractivity contribution in [2.24, 2.45) is 5.92 Å². The molecule has 2 rings (SSSR count). The number of hydrogen-bond acceptors (Lipinski definition) is 3. The van der Waals surface area contributed by atoms with E-state index in [-0.39, 0.29) is 11.8 Å². The van der Waals surface area contributed by atoms with E-state index in [2.05, 4.69) is 4.98 Å². The minimum atomic E-state index is 0.00117. The number of carbonyl (C=O) groups is 2. The molecule has 0 aromatic carbocycles. The van der Waals surface area contributed by atoms with Gasteiger partial charge in [-0.05, 0) is 24.5 Å². The van der Waals surface area contributed by atoms with Gasteiger partial charge in [0.15, 0.2) is 0 Å². The first-order valence-electron chi connectivity index (χ1n) is 7.55. The summed E-state index contributed by atoms with van der Waals surface area (Å²) >= 11 is 0. The van der Waals surface area contributed by atoms with Crippen LogP contribution >= 0.6 is 0 Å². The van der Waals surface area contributed by atoms with Crippen LogP contribution in [0, 0.1) is 5.92 Å². The molecule has 0 spiro atoms. The van der Waals surface area contributed by atoms with Gasteiger partial charge in [0.1, 0.15) is 0 Å². The molecule has 0 radical (unpaired) electrons. The average Bonchev–Trinajstić information content (AvgIpc) is 2.72. The predicted octanol–water partition coefficient (Wildman–Crippen LogP) is 1.80. The van der Waals surface area contributed by atoms with Gasteiger partial charge in [0.2, 0.25) is 5.91 Å². The quantitative estimate of drug-likeness (QED) is 0.852. The Kier molecular flexibility index (Phi) is 5.31. The molecule has 2 amide bonds. The summed E-state index contributed by atoms with van der Waals surface area (Å²) in [5.74, 6) is 0.566. The second-order valence-electron chi connectivity index (χ2n) is 5.87. The molecule has 21 heavy (non-hydrogen) atoms. The summed E-state index contributed by atoms with van der Waals surface area (Å²) in [6.07, 6.45) is 4.66. The molecule has 1 aromatic heterocycles. The van der Waals surface area contributed by atoms with Crippen LogP contribution < -0.4 is 0 Å². The highest BCUT2D eigenvalue weighted by Gasteiger charge is 2.23. The Morgan fingerprint density at radius 2 is 1.90 bits per heavy atom. The molecule has 1 saturated heterocycles. The Morgan fingerprint density at radius 3 is 2.57 bits per heavy atom. The highest BCUT2D eigenvalue weighted by atomic mass is 16.2. The van der Waals surface area contributed by atoms with E-state index < -0.39 is 0 Å². The fourth-order valence-electron chi connectivity index (χ4n) is 2.52. The second kappa shape index (κ2) is 7.20. The van der Waals surface area contributed by atoms with Crippen LogP contribution in [0.1, 0.15) is 37.0 Å². The number of pyridine rings is 1. The molecule has 0 aliphatic carbocycles. The normalized spacial score (nSPS) is 16.0. The van der Waals surface area contributed by atoms with Crippen molar-refractivity contribution in [3.05, 3.63) is 30.1 Å². The van der Waals surface area contributed by atoms with Crippen molar-refractivity contribution in [1.82, 2.24) is 14.8 Å². The summed E-state index contributed by atoms with van der Waals surface area (Å²) in [6, 6.07) is 3.55. The molecule has 5 heteroatoms. The Hall–Kier alpha value is -1.91. The molecule has 0 unspecified atom stereocenters. The summed E-state index contributed by atoms with van der Waals surface area (Å²) in [5.41, 5.74) is 0.611. The van der Waals surface area contributed by atoms with Crippen molar-refractivity contribution in [2.45, 2.75) is 26.7 Å². The van der Waals surface area contributed by atoms with E-state index in [1.807, 2.05) is 23.6 Å². The lowest BCUT2D eigenvalue weighted by atomic mass is 10.1. The largest absolute Gasteiger partial charge is 0.341 e. The first-order chi connectivity index (χ1) is 10.1. The molecule has 1 aliphatic rings. The molecule has 114 valence electrons. The van der Waals surface area contributed by atoms with Crippen molar-refractivity contribution in [1.29, 1.82) is 0 Å². The molecule has 0 saturated carbocycles. The zero-order chi connectivity index (χ0) is 15.2. The van der Waals surface area contributed by atoms with Gasteiger partial charge in [-0.25, -0.2) is 0 Å². The molecular formula is C16H23N3O2. The fourth-order valence-corrected chi connectivity index (χ4v) is 2.52. The number of hydrogen-bond donors (Lipinski definition) is 0. The molecular weight excluding hydrogens is 266 g/mol. The van der Waals surface area contributed by atoms with Crippen LogP contribution in [0.5, 0.6) is 0 Å². The number of nitrogens with zero attached hydrogens (tertiary/aromatic N) is 3. The number of aromatic nitrogens is 1. The van der Waals surface area contributed by atoms with Crippen LogP contribution in [0.4, 0.5) is 0 Å². The third kappa shape index (κ3) is 4.28. The first kappa shape index (κ1) is 15.5. The van der Waals surface area contributed by atoms with Crippen LogP contribution in [-0.2, 0) is 4.79 Å². The summed E-state index contributed by atoms with van der Waals surface area (Å²) in [7, 11) is 0. The summed E-state index contributed by atoms with van der Waals surface area (Å²) in [4.78, 5) is 32.2. The fraction of sp³-hybridized carbons (Fsp3) is 0.562. The van der Waals surface area contributed by atoms with E-state index in [0.29, 0.717) is 37.5 Å². The van der Waals surface area contributed by atoms with Crippen LogP contribution in [0.25, 0.3) is 0 Å². The second-order valence-corrected chi connectivity index (χ2v) is 5.87. The lowest BCUT2D eigenvalue weighted by Gasteiger charge is -2.22. The average molecular weight is 289 g/mol. The Bertz CT molecular complexity index is 488. The Balaban J connectivity index is 1.95. The Morgan fingerprint density at radius 1 is 1.19 bits per heavy atom. The first-order valence-corrected chi connectivity index (χ1v) is 7.55. The van der Waals surface area contributed by atoms with E-state index in [1.54, 1.807) is 24.5 Å². The zero-order valence-corrected chi connectivity index (χ0v) is 12.8. The Labute approximate surface area is 126 Å². The maximum absolute atomic E-state index is 12.4. The third-order valence-electron chi connectivity index (χ3n) is 3.63. The molecule has 0 atom stereocenters. The maximum atomic E-state index is 12.4. The van der Waals surface area contributed by atoms with Crippen molar-refractivity contribution in [3.8, 4) is 0 Å². The predicted molar refractivity (Wildman–Crippen MR) is 80.8 cm³/mol. The van der Waals surface area contributed by atoms with Gasteiger partial charge in [-0.15, -0.1) is 0 Å². The van der Waals surface area contributed by atoms with Gasteiger partial charge in [0, 0.05) is 45.0 Å². The van der Waals surface area contributed by atoms with Crippen molar-refractivity contribution in [3.63, 3.8) is 0 Å². The summed E-state index contributed by atoms with van der Waals surface area (Å²) in [6.45, 7) is 6.75. The molecule has 1 fully saturated rings. The lowest BCUT2D eigenvalue weighted by molar-refractivity contribution is -0.131. The van der Waals surface area contributed by atoms with Crippen LogP contribution in [0.2, 0.25) is 0 Å². The van der Waals surface area contributed by atoms with Gasteiger partial charge in [-0.2, -0.15) is 0 Å². The van der Waals surface area contributed by atoms with Gasteiger partial charge >= 0.3 is 0 Å². The van der Waals surface area contributed by atoms with Gasteiger partial charge in [-0.3, -0.25) is 14.6 Å². The smallest absolute Gasteiger partial charge is 0.255 e. The topological polar surface area (TPSA) is 53.5 Å². The SMILES string of the molecule is CC(C)CC(=O)N1CCCN(C(=O)c2cccnc2)CC1. The standard InChI is InChI=1S/C16H23N3O2/c1-13(2)11-15(20)18-7-4-8-19(10-9-18)16(21)14-5-3-6-17-12-14/h3,5-6,12-13H,4,7-11H2,1-2H3. The van der Waals surface area contributed by atoms with Gasteiger partial charge in [0.25, 0.3) is 5.91 Å². The molecule has 1 aromatic rings. The molecule has 0 bridgehead atoms. The van der Waals surface area contributed by atoms with E-state index >= 15 is 0 Å². The molecule has 1 aliphatic heterocycles. The lowest BCUT2D eigenvalue weighted by Crippen LogP contribution is -2.37. The maximum Gasteiger partial charge on any atom is 0.255 e. The van der Waals surface area contributed by atoms with Gasteiger partial charge in [-0.1, -0.05) is 13.8 Å².